The molecule has 0 aliphatic heterocycles. The predicted molar refractivity (Wildman–Crippen MR) is 183 cm³/mol. The highest BCUT2D eigenvalue weighted by Crippen LogP contribution is 2.52. The minimum Gasteiger partial charge on any atom is -0.192 e. The Balaban J connectivity index is 1.88. The van der Waals surface area contributed by atoms with Gasteiger partial charge < -0.3 is 0 Å². The van der Waals surface area contributed by atoms with Crippen molar-refractivity contribution in [3.63, 3.8) is 0 Å². The number of benzene rings is 6. The number of halogens is 9. The Morgan fingerprint density at radius 3 is 1.52 bits per heavy atom. The molecule has 0 saturated carbocycles. The Morgan fingerprint density at radius 1 is 0.370 bits per heavy atom. The van der Waals surface area contributed by atoms with Crippen LogP contribution in [0.1, 0.15) is 33.4 Å². The molecule has 0 aliphatic rings. The van der Waals surface area contributed by atoms with Crippen LogP contribution in [0.25, 0.3) is 55.6 Å². The number of rotatable bonds is 5. The number of alkyl halides is 9. The van der Waals surface area contributed by atoms with Crippen molar-refractivity contribution in [2.24, 2.45) is 0 Å². The van der Waals surface area contributed by atoms with E-state index in [0.717, 1.165) is 54.6 Å². The largest absolute Gasteiger partial charge is 0.417 e. The van der Waals surface area contributed by atoms with Crippen molar-refractivity contribution in [3.8, 4) is 73.8 Å². The maximum atomic E-state index is 14.9. The molecule has 54 heavy (non-hydrogen) atoms. The third-order valence-corrected chi connectivity index (χ3v) is 8.69. The van der Waals surface area contributed by atoms with Gasteiger partial charge in [-0.05, 0) is 99.1 Å². The summed E-state index contributed by atoms with van der Waals surface area (Å²) in [6, 6.07) is 29.0. The van der Waals surface area contributed by atoms with Gasteiger partial charge in [-0.2, -0.15) is 55.3 Å². The normalized spacial score (nSPS) is 11.7. The number of hydrogen-bond acceptors (Lipinski definition) is 3. The summed E-state index contributed by atoms with van der Waals surface area (Å²) in [5.41, 5.74) is -5.27. The van der Waals surface area contributed by atoms with Crippen LogP contribution in [0.4, 0.5) is 39.5 Å². The van der Waals surface area contributed by atoms with Gasteiger partial charge >= 0.3 is 18.5 Å². The third-order valence-electron chi connectivity index (χ3n) is 8.69. The van der Waals surface area contributed by atoms with Gasteiger partial charge in [0, 0.05) is 11.1 Å². The summed E-state index contributed by atoms with van der Waals surface area (Å²) in [5, 5.41) is 29.8. The molecule has 6 aromatic rings. The first-order valence-electron chi connectivity index (χ1n) is 15.7. The minimum absolute atomic E-state index is 0.00649. The molecular weight excluding hydrogens is 717 g/mol. The van der Waals surface area contributed by atoms with Gasteiger partial charge in [-0.1, -0.05) is 66.7 Å². The molecule has 0 aliphatic carbocycles. The van der Waals surface area contributed by atoms with Gasteiger partial charge in [0.1, 0.15) is 0 Å². The van der Waals surface area contributed by atoms with Crippen molar-refractivity contribution in [2.45, 2.75) is 18.5 Å². The second-order valence-corrected chi connectivity index (χ2v) is 11.9. The molecule has 0 aromatic heterocycles. The van der Waals surface area contributed by atoms with E-state index in [-0.39, 0.29) is 55.6 Å². The van der Waals surface area contributed by atoms with Crippen molar-refractivity contribution in [1.29, 1.82) is 15.8 Å². The van der Waals surface area contributed by atoms with Crippen LogP contribution in [0, 0.1) is 34.0 Å². The average molecular weight is 738 g/mol. The summed E-state index contributed by atoms with van der Waals surface area (Å²) in [6.07, 6.45) is -15.1. The van der Waals surface area contributed by atoms with Gasteiger partial charge in [0.2, 0.25) is 0 Å². The fourth-order valence-corrected chi connectivity index (χ4v) is 6.40. The van der Waals surface area contributed by atoms with Gasteiger partial charge in [0.15, 0.2) is 0 Å². The molecule has 6 aromatic carbocycles. The fraction of sp³-hybridized carbons (Fsp3) is 0.0714. The maximum Gasteiger partial charge on any atom is 0.417 e. The van der Waals surface area contributed by atoms with Crippen LogP contribution in [0.5, 0.6) is 0 Å². The number of nitrogens with zero attached hydrogens (tertiary/aromatic N) is 3. The van der Waals surface area contributed by atoms with E-state index in [9.17, 15) is 55.3 Å². The molecule has 0 bridgehead atoms. The first kappa shape index (κ1) is 36.9. The zero-order valence-electron chi connectivity index (χ0n) is 27.3. The highest BCUT2D eigenvalue weighted by molar-refractivity contribution is 6.06. The molecule has 0 unspecified atom stereocenters. The maximum absolute atomic E-state index is 14.9. The molecular formula is C42H20F9N3. The van der Waals surface area contributed by atoms with Crippen LogP contribution < -0.4 is 0 Å². The van der Waals surface area contributed by atoms with Crippen molar-refractivity contribution in [1.82, 2.24) is 0 Å². The molecule has 0 amide bonds. The van der Waals surface area contributed by atoms with Gasteiger partial charge in [-0.15, -0.1) is 0 Å². The number of hydrogen-bond donors (Lipinski definition) is 0. The van der Waals surface area contributed by atoms with Crippen molar-refractivity contribution in [2.75, 3.05) is 0 Å². The van der Waals surface area contributed by atoms with Crippen LogP contribution in [-0.2, 0) is 18.5 Å². The SMILES string of the molecule is N#Cc1ccc(-c2c(-c3cccc(C#N)c3)c(C#N)cc(-c3cccc(C(F)(F)F)c3-c3ccccc3C(F)(F)F)c2-c2ccc(C(F)(F)F)cc2)cc1. The van der Waals surface area contributed by atoms with Crippen LogP contribution >= 0.6 is 0 Å². The zero-order valence-corrected chi connectivity index (χ0v) is 27.3. The van der Waals surface area contributed by atoms with Crippen molar-refractivity contribution in [3.05, 3.63) is 155 Å². The highest BCUT2D eigenvalue weighted by Gasteiger charge is 2.40. The summed E-state index contributed by atoms with van der Waals surface area (Å²) < 4.78 is 129. The molecule has 0 radical (unpaired) electrons. The molecule has 6 rings (SSSR count). The molecule has 0 heterocycles. The molecule has 266 valence electrons. The first-order valence-corrected chi connectivity index (χ1v) is 15.7. The predicted octanol–water partition coefficient (Wildman–Crippen LogP) is 12.7. The van der Waals surface area contributed by atoms with E-state index in [0.29, 0.717) is 12.1 Å². The van der Waals surface area contributed by atoms with Crippen LogP contribution in [0.3, 0.4) is 0 Å². The summed E-state index contributed by atoms with van der Waals surface area (Å²) >= 11 is 0. The lowest BCUT2D eigenvalue weighted by atomic mass is 9.78. The van der Waals surface area contributed by atoms with Crippen LogP contribution in [0.2, 0.25) is 0 Å². The van der Waals surface area contributed by atoms with E-state index in [1.165, 1.54) is 48.5 Å². The Bertz CT molecular complexity index is 2530. The number of nitriles is 3. The molecule has 0 saturated heterocycles. The summed E-state index contributed by atoms with van der Waals surface area (Å²) in [6.45, 7) is 0. The summed E-state index contributed by atoms with van der Waals surface area (Å²) in [7, 11) is 0. The van der Waals surface area contributed by atoms with Crippen molar-refractivity contribution >= 4 is 0 Å². The van der Waals surface area contributed by atoms with Gasteiger partial charge in [0.05, 0.1) is 51.6 Å². The Kier molecular flexibility index (Phi) is 9.54. The standard InChI is InChI=1S/C42H20F9N3/c43-40(44,45)30-17-15-26(16-18-30)37-33(31-8-4-10-35(42(49,50)51)39(31)32-7-1-2-9-34(32)41(46,47)48)20-29(23-54)36(28-6-3-5-25(19-28)22-53)38(37)27-13-11-24(21-52)12-14-27/h1-20H. The molecule has 3 nitrogen and oxygen atoms in total. The van der Waals surface area contributed by atoms with E-state index in [2.05, 4.69) is 0 Å². The Hall–Kier alpha value is -6.84. The monoisotopic (exact) mass is 737 g/mol. The zero-order chi connectivity index (χ0) is 39.0. The fourth-order valence-electron chi connectivity index (χ4n) is 6.40. The van der Waals surface area contributed by atoms with E-state index in [1.54, 1.807) is 6.07 Å². The highest BCUT2D eigenvalue weighted by atomic mass is 19.4. The molecule has 0 fully saturated rings. The summed E-state index contributed by atoms with van der Waals surface area (Å²) in [4.78, 5) is 0. The molecule has 0 N–H and O–H groups in total. The summed E-state index contributed by atoms with van der Waals surface area (Å²) in [5.74, 6) is 0. The lowest BCUT2D eigenvalue weighted by molar-refractivity contribution is -0.139. The second kappa shape index (κ2) is 13.9. The second-order valence-electron chi connectivity index (χ2n) is 11.9. The van der Waals surface area contributed by atoms with E-state index >= 15 is 0 Å². The molecule has 0 spiro atoms. The Morgan fingerprint density at radius 2 is 0.926 bits per heavy atom. The molecule has 0 atom stereocenters. The van der Waals surface area contributed by atoms with Gasteiger partial charge in [0.25, 0.3) is 0 Å². The minimum atomic E-state index is -5.19. The smallest absolute Gasteiger partial charge is 0.192 e. The molecule has 12 heteroatoms. The van der Waals surface area contributed by atoms with Gasteiger partial charge in [-0.3, -0.25) is 0 Å². The van der Waals surface area contributed by atoms with E-state index < -0.39 is 51.9 Å². The Labute approximate surface area is 302 Å². The van der Waals surface area contributed by atoms with Crippen LogP contribution in [0.15, 0.2) is 121 Å². The first-order chi connectivity index (χ1) is 25.6. The lowest BCUT2D eigenvalue weighted by Gasteiger charge is -2.25. The van der Waals surface area contributed by atoms with Crippen molar-refractivity contribution < 1.29 is 39.5 Å². The lowest BCUT2D eigenvalue weighted by Crippen LogP contribution is -2.12. The van der Waals surface area contributed by atoms with E-state index in [4.69, 9.17) is 0 Å². The van der Waals surface area contributed by atoms with Gasteiger partial charge in [-0.25, -0.2) is 0 Å². The average Bonchev–Trinajstić information content (AvgIpc) is 3.15. The topological polar surface area (TPSA) is 71.4 Å². The van der Waals surface area contributed by atoms with E-state index in [1.807, 2.05) is 18.2 Å². The quantitative estimate of drug-likeness (QED) is 0.165. The third kappa shape index (κ3) is 7.00. The van der Waals surface area contributed by atoms with Crippen LogP contribution in [-0.4, -0.2) is 0 Å².